The predicted molar refractivity (Wildman–Crippen MR) is 69.7 cm³/mol. The van der Waals surface area contributed by atoms with Gasteiger partial charge in [0.1, 0.15) is 5.54 Å². The summed E-state index contributed by atoms with van der Waals surface area (Å²) in [6, 6.07) is 10.6. The Morgan fingerprint density at radius 1 is 1.44 bits per heavy atom. The lowest BCUT2D eigenvalue weighted by molar-refractivity contribution is 0.576. The first-order valence-corrected chi connectivity index (χ1v) is 6.74. The summed E-state index contributed by atoms with van der Waals surface area (Å²) < 4.78 is 0. The van der Waals surface area contributed by atoms with Crippen molar-refractivity contribution in [1.29, 1.82) is 5.26 Å². The first-order valence-electron chi connectivity index (χ1n) is 5.59. The van der Waals surface area contributed by atoms with Crippen LogP contribution in [0.25, 0.3) is 0 Å². The molecule has 84 valence electrons. The number of hydrogen-bond acceptors (Lipinski definition) is 3. The van der Waals surface area contributed by atoms with E-state index in [1.165, 1.54) is 11.3 Å². The van der Waals surface area contributed by atoms with E-state index in [1.807, 2.05) is 30.0 Å². The van der Waals surface area contributed by atoms with Crippen molar-refractivity contribution in [2.75, 3.05) is 16.8 Å². The van der Waals surface area contributed by atoms with E-state index in [-0.39, 0.29) is 5.54 Å². The minimum atomic E-state index is -0.366. The maximum absolute atomic E-state index is 9.37. The molecule has 1 N–H and O–H groups in total. The third-order valence-electron chi connectivity index (χ3n) is 2.97. The van der Waals surface area contributed by atoms with Crippen LogP contribution in [-0.4, -0.2) is 17.0 Å². The zero-order chi connectivity index (χ0) is 11.4. The molecule has 1 saturated heterocycles. The first kappa shape index (κ1) is 11.3. The van der Waals surface area contributed by atoms with Crippen molar-refractivity contribution in [3.8, 4) is 6.07 Å². The number of hydrogen-bond donors (Lipinski definition) is 1. The SMILES string of the molecule is Cc1ccccc1NC1(C#N)CCCSC1. The van der Waals surface area contributed by atoms with Crippen molar-refractivity contribution in [1.82, 2.24) is 0 Å². The van der Waals surface area contributed by atoms with Crippen LogP contribution in [0.3, 0.4) is 0 Å². The van der Waals surface area contributed by atoms with Gasteiger partial charge in [-0.05, 0) is 37.1 Å². The molecular formula is C13H16N2S. The van der Waals surface area contributed by atoms with Gasteiger partial charge in [-0.25, -0.2) is 0 Å². The van der Waals surface area contributed by atoms with Crippen LogP contribution in [0.5, 0.6) is 0 Å². The molecule has 0 aromatic heterocycles. The fraction of sp³-hybridized carbons (Fsp3) is 0.462. The van der Waals surface area contributed by atoms with Crippen molar-refractivity contribution >= 4 is 17.4 Å². The number of rotatable bonds is 2. The van der Waals surface area contributed by atoms with Crippen LogP contribution < -0.4 is 5.32 Å². The zero-order valence-corrected chi connectivity index (χ0v) is 10.3. The Kier molecular flexibility index (Phi) is 3.40. The van der Waals surface area contributed by atoms with Crippen LogP contribution in [0.1, 0.15) is 18.4 Å². The maximum atomic E-state index is 9.37. The molecule has 1 unspecified atom stereocenters. The van der Waals surface area contributed by atoms with Gasteiger partial charge in [0.15, 0.2) is 0 Å². The summed E-state index contributed by atoms with van der Waals surface area (Å²) in [5, 5.41) is 12.8. The number of nitrogens with one attached hydrogen (secondary N) is 1. The van der Waals surface area contributed by atoms with Crippen molar-refractivity contribution in [3.05, 3.63) is 29.8 Å². The molecule has 2 rings (SSSR count). The molecule has 1 aliphatic rings. The Morgan fingerprint density at radius 3 is 2.88 bits per heavy atom. The molecule has 1 aliphatic heterocycles. The number of aryl methyl sites for hydroxylation is 1. The van der Waals surface area contributed by atoms with Crippen LogP contribution in [0.15, 0.2) is 24.3 Å². The summed E-state index contributed by atoms with van der Waals surface area (Å²) in [4.78, 5) is 0. The second-order valence-corrected chi connectivity index (χ2v) is 5.40. The smallest absolute Gasteiger partial charge is 0.134 e. The lowest BCUT2D eigenvalue weighted by atomic mass is 9.96. The monoisotopic (exact) mass is 232 g/mol. The zero-order valence-electron chi connectivity index (χ0n) is 9.49. The summed E-state index contributed by atoms with van der Waals surface area (Å²) in [5.41, 5.74) is 1.92. The quantitative estimate of drug-likeness (QED) is 0.850. The molecule has 0 bridgehead atoms. The van der Waals surface area contributed by atoms with E-state index in [0.29, 0.717) is 0 Å². The number of anilines is 1. The molecule has 1 heterocycles. The Bertz CT molecular complexity index is 403. The third-order valence-corrected chi connectivity index (χ3v) is 4.25. The normalized spacial score (nSPS) is 24.8. The van der Waals surface area contributed by atoms with Gasteiger partial charge in [-0.3, -0.25) is 0 Å². The minimum Gasteiger partial charge on any atom is -0.366 e. The molecule has 0 radical (unpaired) electrons. The molecule has 1 aromatic carbocycles. The summed E-state index contributed by atoms with van der Waals surface area (Å²) >= 11 is 1.87. The van der Waals surface area contributed by atoms with Crippen molar-refractivity contribution in [2.24, 2.45) is 0 Å². The van der Waals surface area contributed by atoms with E-state index in [0.717, 1.165) is 24.3 Å². The van der Waals surface area contributed by atoms with Crippen LogP contribution in [-0.2, 0) is 0 Å². The van der Waals surface area contributed by atoms with Crippen LogP contribution in [0.4, 0.5) is 5.69 Å². The fourth-order valence-corrected chi connectivity index (χ4v) is 3.10. The summed E-state index contributed by atoms with van der Waals surface area (Å²) in [6.07, 6.45) is 2.07. The topological polar surface area (TPSA) is 35.8 Å². The van der Waals surface area contributed by atoms with E-state index in [1.54, 1.807) is 0 Å². The second-order valence-electron chi connectivity index (χ2n) is 4.29. The highest BCUT2D eigenvalue weighted by atomic mass is 32.2. The minimum absolute atomic E-state index is 0.366. The van der Waals surface area contributed by atoms with E-state index in [2.05, 4.69) is 24.4 Å². The average Bonchev–Trinajstić information content (AvgIpc) is 2.33. The Labute approximate surface area is 101 Å². The van der Waals surface area contributed by atoms with Gasteiger partial charge >= 0.3 is 0 Å². The van der Waals surface area contributed by atoms with E-state index < -0.39 is 0 Å². The van der Waals surface area contributed by atoms with E-state index in [4.69, 9.17) is 0 Å². The average molecular weight is 232 g/mol. The molecule has 0 aliphatic carbocycles. The number of para-hydroxylation sites is 1. The van der Waals surface area contributed by atoms with Gasteiger partial charge in [0, 0.05) is 11.4 Å². The lowest BCUT2D eigenvalue weighted by Crippen LogP contribution is -2.42. The van der Waals surface area contributed by atoms with Gasteiger partial charge in [-0.1, -0.05) is 18.2 Å². The van der Waals surface area contributed by atoms with Gasteiger partial charge in [0.2, 0.25) is 0 Å². The van der Waals surface area contributed by atoms with Gasteiger partial charge < -0.3 is 5.32 Å². The number of benzene rings is 1. The van der Waals surface area contributed by atoms with Gasteiger partial charge in [-0.2, -0.15) is 17.0 Å². The highest BCUT2D eigenvalue weighted by Crippen LogP contribution is 2.30. The Balaban J connectivity index is 2.19. The van der Waals surface area contributed by atoms with Crippen molar-refractivity contribution in [3.63, 3.8) is 0 Å². The molecule has 0 saturated carbocycles. The summed E-state index contributed by atoms with van der Waals surface area (Å²) in [7, 11) is 0. The number of thioether (sulfide) groups is 1. The van der Waals surface area contributed by atoms with E-state index >= 15 is 0 Å². The number of nitrogens with zero attached hydrogens (tertiary/aromatic N) is 1. The molecular weight excluding hydrogens is 216 g/mol. The number of nitriles is 1. The predicted octanol–water partition coefficient (Wildman–Crippen LogP) is 3.20. The first-order chi connectivity index (χ1) is 7.76. The molecule has 1 aromatic rings. The van der Waals surface area contributed by atoms with Crippen LogP contribution in [0, 0.1) is 18.3 Å². The molecule has 16 heavy (non-hydrogen) atoms. The molecule has 3 heteroatoms. The van der Waals surface area contributed by atoms with Crippen LogP contribution in [0.2, 0.25) is 0 Å². The molecule has 2 nitrogen and oxygen atoms in total. The maximum Gasteiger partial charge on any atom is 0.134 e. The lowest BCUT2D eigenvalue weighted by Gasteiger charge is -2.32. The second kappa shape index (κ2) is 4.80. The largest absolute Gasteiger partial charge is 0.366 e. The highest BCUT2D eigenvalue weighted by molar-refractivity contribution is 7.99. The van der Waals surface area contributed by atoms with Crippen molar-refractivity contribution in [2.45, 2.75) is 25.3 Å². The van der Waals surface area contributed by atoms with Gasteiger partial charge in [-0.15, -0.1) is 0 Å². The fourth-order valence-electron chi connectivity index (χ4n) is 1.98. The molecule has 0 amide bonds. The molecule has 1 fully saturated rings. The highest BCUT2D eigenvalue weighted by Gasteiger charge is 2.32. The van der Waals surface area contributed by atoms with Crippen molar-refractivity contribution < 1.29 is 0 Å². The Hall–Kier alpha value is -1.14. The summed E-state index contributed by atoms with van der Waals surface area (Å²) in [5.74, 6) is 2.07. The molecule has 0 spiro atoms. The van der Waals surface area contributed by atoms with Gasteiger partial charge in [0.25, 0.3) is 0 Å². The van der Waals surface area contributed by atoms with Crippen LogP contribution >= 0.6 is 11.8 Å². The Morgan fingerprint density at radius 2 is 2.25 bits per heavy atom. The summed E-state index contributed by atoms with van der Waals surface area (Å²) in [6.45, 7) is 2.07. The van der Waals surface area contributed by atoms with Gasteiger partial charge in [0.05, 0.1) is 6.07 Å². The standard InChI is InChI=1S/C13H16N2S/c1-11-5-2-3-6-12(11)15-13(9-14)7-4-8-16-10-13/h2-3,5-6,15H,4,7-8,10H2,1H3. The van der Waals surface area contributed by atoms with E-state index in [9.17, 15) is 5.26 Å². The third kappa shape index (κ3) is 2.33. The molecule has 1 atom stereocenters.